The second-order valence-electron chi connectivity index (χ2n) is 9.25. The summed E-state index contributed by atoms with van der Waals surface area (Å²) in [5.74, 6) is -0.415. The number of ether oxygens (including phenoxy) is 3. The molecule has 1 aliphatic heterocycles. The molecule has 0 spiro atoms. The summed E-state index contributed by atoms with van der Waals surface area (Å²) in [6.45, 7) is 4.23. The predicted molar refractivity (Wildman–Crippen MR) is 125 cm³/mol. The molecular weight excluding hydrogens is 416 g/mol. The lowest BCUT2D eigenvalue weighted by molar-refractivity contribution is -0.148. The quantitative estimate of drug-likeness (QED) is 0.334. The van der Waals surface area contributed by atoms with E-state index in [0.29, 0.717) is 19.4 Å². The van der Waals surface area contributed by atoms with E-state index in [4.69, 9.17) is 14.2 Å². The monoisotopic (exact) mass is 450 g/mol. The fraction of sp³-hybridized carbons (Fsp3) is 0.500. The highest BCUT2D eigenvalue weighted by Crippen LogP contribution is 2.48. The van der Waals surface area contributed by atoms with Gasteiger partial charge in [0, 0.05) is 25.2 Å². The smallest absolute Gasteiger partial charge is 0.306 e. The van der Waals surface area contributed by atoms with Crippen LogP contribution < -0.4 is 0 Å². The number of carbonyl (C=O) groups is 2. The maximum atomic E-state index is 11.9. The average molecular weight is 451 g/mol. The van der Waals surface area contributed by atoms with Gasteiger partial charge in [-0.25, -0.2) is 0 Å². The van der Waals surface area contributed by atoms with Crippen LogP contribution in [0.3, 0.4) is 0 Å². The maximum Gasteiger partial charge on any atom is 0.306 e. The van der Waals surface area contributed by atoms with Gasteiger partial charge in [-0.15, -0.1) is 0 Å². The first-order valence-electron chi connectivity index (χ1n) is 12.2. The Morgan fingerprint density at radius 1 is 1.09 bits per heavy atom. The summed E-state index contributed by atoms with van der Waals surface area (Å²) in [5, 5.41) is 0. The second kappa shape index (κ2) is 11.0. The first-order valence-corrected chi connectivity index (χ1v) is 12.2. The van der Waals surface area contributed by atoms with Crippen molar-refractivity contribution in [2.24, 2.45) is 5.92 Å². The Morgan fingerprint density at radius 2 is 1.85 bits per heavy atom. The number of esters is 2. The standard InChI is InChI=1S/C28H34O5/c1-3-4-6-11-24(31-18-20-9-7-5-8-10-20)21-12-14-22(15-13-21)28-23-16-27(30)33-25(23)17-26(28)32-19(2)29/h5,7-10,12-15,23-26,28H,3-4,6,11,16-18H2,1-2H3/t23-,24?,25-,26+,28+/m0/s1. The van der Waals surface area contributed by atoms with E-state index in [1.54, 1.807) is 0 Å². The summed E-state index contributed by atoms with van der Waals surface area (Å²) >= 11 is 0. The third kappa shape index (κ3) is 5.83. The Hall–Kier alpha value is -2.66. The van der Waals surface area contributed by atoms with E-state index >= 15 is 0 Å². The van der Waals surface area contributed by atoms with Gasteiger partial charge in [0.05, 0.1) is 19.1 Å². The van der Waals surface area contributed by atoms with E-state index in [9.17, 15) is 9.59 Å². The van der Waals surface area contributed by atoms with Crippen molar-refractivity contribution in [1.29, 1.82) is 0 Å². The van der Waals surface area contributed by atoms with Crippen LogP contribution in [-0.4, -0.2) is 24.1 Å². The lowest BCUT2D eigenvalue weighted by Crippen LogP contribution is -2.23. The van der Waals surface area contributed by atoms with E-state index < -0.39 is 0 Å². The zero-order valence-electron chi connectivity index (χ0n) is 19.6. The lowest BCUT2D eigenvalue weighted by Gasteiger charge is -2.24. The Morgan fingerprint density at radius 3 is 2.55 bits per heavy atom. The van der Waals surface area contributed by atoms with Crippen LogP contribution in [0, 0.1) is 5.92 Å². The molecule has 2 aromatic rings. The number of hydrogen-bond acceptors (Lipinski definition) is 5. The molecule has 0 amide bonds. The number of benzene rings is 2. The highest BCUT2D eigenvalue weighted by molar-refractivity contribution is 5.73. The topological polar surface area (TPSA) is 61.8 Å². The lowest BCUT2D eigenvalue weighted by atomic mass is 9.85. The third-order valence-corrected chi connectivity index (χ3v) is 6.86. The van der Waals surface area contributed by atoms with Gasteiger partial charge < -0.3 is 14.2 Å². The van der Waals surface area contributed by atoms with Crippen LogP contribution in [0.4, 0.5) is 0 Å². The van der Waals surface area contributed by atoms with E-state index in [2.05, 4.69) is 43.3 Å². The highest BCUT2D eigenvalue weighted by Gasteiger charge is 2.52. The largest absolute Gasteiger partial charge is 0.462 e. The molecule has 4 rings (SSSR count). The van der Waals surface area contributed by atoms with E-state index in [1.165, 1.54) is 25.3 Å². The normalized spacial score (nSPS) is 24.8. The minimum atomic E-state index is -0.293. The highest BCUT2D eigenvalue weighted by atomic mass is 16.6. The van der Waals surface area contributed by atoms with Gasteiger partial charge in [0.1, 0.15) is 12.2 Å². The third-order valence-electron chi connectivity index (χ3n) is 6.86. The molecule has 176 valence electrons. The van der Waals surface area contributed by atoms with Crippen molar-refractivity contribution in [1.82, 2.24) is 0 Å². The number of fused-ring (bicyclic) bond motifs is 1. The van der Waals surface area contributed by atoms with Crippen molar-refractivity contribution < 1.29 is 23.8 Å². The summed E-state index contributed by atoms with van der Waals surface area (Å²) < 4.78 is 17.5. The Bertz CT molecular complexity index is 923. The van der Waals surface area contributed by atoms with Crippen molar-refractivity contribution in [3.63, 3.8) is 0 Å². The summed E-state index contributed by atoms with van der Waals surface area (Å²) in [6, 6.07) is 18.7. The van der Waals surface area contributed by atoms with Crippen LogP contribution in [0.1, 0.15) is 81.1 Å². The van der Waals surface area contributed by atoms with Crippen molar-refractivity contribution in [2.75, 3.05) is 0 Å². The molecule has 1 aliphatic carbocycles. The molecule has 33 heavy (non-hydrogen) atoms. The number of unbranched alkanes of at least 4 members (excludes halogenated alkanes) is 2. The van der Waals surface area contributed by atoms with Crippen LogP contribution in [0.2, 0.25) is 0 Å². The van der Waals surface area contributed by atoms with Crippen molar-refractivity contribution in [2.45, 2.75) is 83.2 Å². The zero-order chi connectivity index (χ0) is 23.2. The van der Waals surface area contributed by atoms with E-state index in [0.717, 1.165) is 24.0 Å². The molecular formula is C28H34O5. The second-order valence-corrected chi connectivity index (χ2v) is 9.25. The Kier molecular flexibility index (Phi) is 7.81. The number of rotatable bonds is 10. The van der Waals surface area contributed by atoms with Crippen molar-refractivity contribution in [3.8, 4) is 0 Å². The van der Waals surface area contributed by atoms with Crippen molar-refractivity contribution >= 4 is 11.9 Å². The van der Waals surface area contributed by atoms with E-state index in [-0.39, 0.29) is 42.1 Å². The van der Waals surface area contributed by atoms with Crippen LogP contribution in [0.25, 0.3) is 0 Å². The first kappa shape index (κ1) is 23.5. The SMILES string of the molecule is CCCCCC(OCc1ccccc1)c1ccc([C@@H]2[C@H]3CC(=O)O[C@H]3C[C@H]2OC(C)=O)cc1. The van der Waals surface area contributed by atoms with E-state index in [1.807, 2.05) is 18.2 Å². The summed E-state index contributed by atoms with van der Waals surface area (Å²) in [6.07, 6.45) is 5.03. The molecule has 0 aromatic heterocycles. The molecule has 2 aromatic carbocycles. The molecule has 1 saturated heterocycles. The molecule has 5 atom stereocenters. The van der Waals surface area contributed by atoms with Gasteiger partial charge in [-0.3, -0.25) is 9.59 Å². The number of carbonyl (C=O) groups excluding carboxylic acids is 2. The van der Waals surface area contributed by atoms with Crippen LogP contribution in [0.15, 0.2) is 54.6 Å². The van der Waals surface area contributed by atoms with Gasteiger partial charge >= 0.3 is 11.9 Å². The van der Waals surface area contributed by atoms with Crippen LogP contribution >= 0.6 is 0 Å². The molecule has 2 aliphatic rings. The van der Waals surface area contributed by atoms with Crippen molar-refractivity contribution in [3.05, 3.63) is 71.3 Å². The molecule has 5 nitrogen and oxygen atoms in total. The fourth-order valence-corrected chi connectivity index (χ4v) is 5.29. The summed E-state index contributed by atoms with van der Waals surface area (Å²) in [4.78, 5) is 23.5. The van der Waals surface area contributed by atoms with Crippen LogP contribution in [-0.2, 0) is 30.4 Å². The summed E-state index contributed by atoms with van der Waals surface area (Å²) in [7, 11) is 0. The molecule has 1 saturated carbocycles. The molecule has 0 bridgehead atoms. The Labute approximate surface area is 196 Å². The average Bonchev–Trinajstić information content (AvgIpc) is 3.31. The minimum Gasteiger partial charge on any atom is -0.462 e. The molecule has 0 N–H and O–H groups in total. The predicted octanol–water partition coefficient (Wildman–Crippen LogP) is 5.88. The van der Waals surface area contributed by atoms with Gasteiger partial charge in [-0.1, -0.05) is 80.8 Å². The molecule has 5 heteroatoms. The number of hydrogen-bond donors (Lipinski definition) is 0. The minimum absolute atomic E-state index is 0.0248. The first-order chi connectivity index (χ1) is 16.0. The van der Waals surface area contributed by atoms with Gasteiger partial charge in [-0.05, 0) is 23.1 Å². The summed E-state index contributed by atoms with van der Waals surface area (Å²) in [5.41, 5.74) is 3.41. The van der Waals surface area contributed by atoms with Crippen LogP contribution in [0.5, 0.6) is 0 Å². The molecule has 1 unspecified atom stereocenters. The van der Waals surface area contributed by atoms with Gasteiger partial charge in [0.25, 0.3) is 0 Å². The maximum absolute atomic E-state index is 11.9. The van der Waals surface area contributed by atoms with Gasteiger partial charge in [0.15, 0.2) is 0 Å². The zero-order valence-corrected chi connectivity index (χ0v) is 19.6. The van der Waals surface area contributed by atoms with Gasteiger partial charge in [-0.2, -0.15) is 0 Å². The Balaban J connectivity index is 1.50. The van der Waals surface area contributed by atoms with Gasteiger partial charge in [0.2, 0.25) is 0 Å². The molecule has 1 heterocycles. The molecule has 2 fully saturated rings. The molecule has 0 radical (unpaired) electrons. The fourth-order valence-electron chi connectivity index (χ4n) is 5.29.